The van der Waals surface area contributed by atoms with E-state index in [1.807, 2.05) is 11.9 Å². The molecule has 0 radical (unpaired) electrons. The van der Waals surface area contributed by atoms with Crippen molar-refractivity contribution in [2.45, 2.75) is 63.8 Å². The fourth-order valence-corrected chi connectivity index (χ4v) is 3.12. The second kappa shape index (κ2) is 5.65. The van der Waals surface area contributed by atoms with Gasteiger partial charge < -0.3 is 4.90 Å². The lowest BCUT2D eigenvalue weighted by Crippen LogP contribution is -2.40. The van der Waals surface area contributed by atoms with Crippen LogP contribution in [0.3, 0.4) is 0 Å². The lowest BCUT2D eigenvalue weighted by Gasteiger charge is -2.31. The van der Waals surface area contributed by atoms with Gasteiger partial charge in [0.25, 0.3) is 0 Å². The van der Waals surface area contributed by atoms with Gasteiger partial charge >= 0.3 is 0 Å². The van der Waals surface area contributed by atoms with Crippen molar-refractivity contribution in [1.29, 1.82) is 0 Å². The predicted octanol–water partition coefficient (Wildman–Crippen LogP) is 2.54. The number of rotatable bonds is 3. The van der Waals surface area contributed by atoms with E-state index in [2.05, 4.69) is 0 Å². The molecule has 2 saturated carbocycles. The van der Waals surface area contributed by atoms with Crippen molar-refractivity contribution in [2.24, 2.45) is 5.92 Å². The zero-order valence-corrected chi connectivity index (χ0v) is 10.8. The summed E-state index contributed by atoms with van der Waals surface area (Å²) in [6.45, 7) is 0. The number of Topliss-reactive ketones (excluding diaryl/α,β-unsaturated/α-hetero) is 1. The van der Waals surface area contributed by atoms with Gasteiger partial charge in [0, 0.05) is 32.4 Å². The monoisotopic (exact) mass is 237 g/mol. The summed E-state index contributed by atoms with van der Waals surface area (Å²) >= 11 is 0. The Morgan fingerprint density at radius 2 is 1.76 bits per heavy atom. The maximum atomic E-state index is 12.1. The highest BCUT2D eigenvalue weighted by Crippen LogP contribution is 2.29. The van der Waals surface area contributed by atoms with Gasteiger partial charge in [-0.15, -0.1) is 0 Å². The summed E-state index contributed by atoms with van der Waals surface area (Å²) in [6, 6.07) is 0.307. The van der Waals surface area contributed by atoms with Crippen molar-refractivity contribution < 1.29 is 9.59 Å². The molecule has 2 aliphatic rings. The van der Waals surface area contributed by atoms with Crippen molar-refractivity contribution in [2.75, 3.05) is 7.05 Å². The van der Waals surface area contributed by atoms with Crippen LogP contribution in [0, 0.1) is 5.92 Å². The first kappa shape index (κ1) is 12.6. The maximum Gasteiger partial charge on any atom is 0.222 e. The molecule has 0 saturated heterocycles. The number of carbonyl (C=O) groups excluding carboxylic acids is 2. The van der Waals surface area contributed by atoms with Gasteiger partial charge in [-0.3, -0.25) is 9.59 Å². The van der Waals surface area contributed by atoms with E-state index in [0.29, 0.717) is 30.6 Å². The summed E-state index contributed by atoms with van der Waals surface area (Å²) in [7, 11) is 1.91. The Labute approximate surface area is 104 Å². The molecule has 17 heavy (non-hydrogen) atoms. The van der Waals surface area contributed by atoms with Gasteiger partial charge in [0.2, 0.25) is 5.91 Å². The van der Waals surface area contributed by atoms with Crippen LogP contribution < -0.4 is 0 Å². The van der Waals surface area contributed by atoms with Crippen LogP contribution in [0.4, 0.5) is 0 Å². The summed E-state index contributed by atoms with van der Waals surface area (Å²) in [5, 5.41) is 0. The van der Waals surface area contributed by atoms with E-state index in [1.54, 1.807) is 0 Å². The summed E-state index contributed by atoms with van der Waals surface area (Å²) in [5.41, 5.74) is 0. The molecule has 2 fully saturated rings. The molecule has 2 aliphatic carbocycles. The second-order valence-electron chi connectivity index (χ2n) is 5.63. The number of hydrogen-bond donors (Lipinski definition) is 0. The van der Waals surface area contributed by atoms with Gasteiger partial charge in [0.05, 0.1) is 0 Å². The number of carbonyl (C=O) groups is 2. The van der Waals surface area contributed by atoms with E-state index in [4.69, 9.17) is 0 Å². The topological polar surface area (TPSA) is 37.4 Å². The first-order chi connectivity index (χ1) is 8.16. The molecule has 0 aromatic rings. The van der Waals surface area contributed by atoms with Crippen molar-refractivity contribution >= 4 is 11.7 Å². The highest BCUT2D eigenvalue weighted by molar-refractivity contribution is 5.80. The quantitative estimate of drug-likeness (QED) is 0.756. The number of nitrogens with zero attached hydrogens (tertiary/aromatic N) is 1. The molecule has 3 nitrogen and oxygen atoms in total. The number of ketones is 1. The normalized spacial score (nSPS) is 23.0. The number of hydrogen-bond acceptors (Lipinski definition) is 2. The Balaban J connectivity index is 1.79. The summed E-state index contributed by atoms with van der Waals surface area (Å²) in [5.74, 6) is 1.27. The SMILES string of the molecule is CN(C(=O)CC1CCCC1)C1CCC(=O)CC1. The molecule has 0 aromatic heterocycles. The fraction of sp³-hybridized carbons (Fsp3) is 0.857. The van der Waals surface area contributed by atoms with Crippen LogP contribution in [0.2, 0.25) is 0 Å². The second-order valence-corrected chi connectivity index (χ2v) is 5.63. The summed E-state index contributed by atoms with van der Waals surface area (Å²) in [4.78, 5) is 25.2. The van der Waals surface area contributed by atoms with Gasteiger partial charge in [0.1, 0.15) is 5.78 Å². The first-order valence-corrected chi connectivity index (χ1v) is 6.94. The molecule has 0 unspecified atom stereocenters. The Kier molecular flexibility index (Phi) is 4.19. The molecule has 3 heteroatoms. The van der Waals surface area contributed by atoms with Gasteiger partial charge in [0.15, 0.2) is 0 Å². The van der Waals surface area contributed by atoms with E-state index in [-0.39, 0.29) is 5.91 Å². The summed E-state index contributed by atoms with van der Waals surface area (Å²) in [6.07, 6.45) is 8.81. The highest BCUT2D eigenvalue weighted by atomic mass is 16.2. The predicted molar refractivity (Wildman–Crippen MR) is 66.6 cm³/mol. The highest BCUT2D eigenvalue weighted by Gasteiger charge is 2.27. The lowest BCUT2D eigenvalue weighted by atomic mass is 9.92. The van der Waals surface area contributed by atoms with Crippen LogP contribution in [0.15, 0.2) is 0 Å². The third-order valence-corrected chi connectivity index (χ3v) is 4.39. The molecule has 0 bridgehead atoms. The van der Waals surface area contributed by atoms with Crippen LogP contribution in [0.5, 0.6) is 0 Å². The summed E-state index contributed by atoms with van der Waals surface area (Å²) < 4.78 is 0. The van der Waals surface area contributed by atoms with Crippen molar-refractivity contribution in [3.05, 3.63) is 0 Å². The molecule has 0 aromatic carbocycles. The van der Waals surface area contributed by atoms with Crippen molar-refractivity contribution in [3.63, 3.8) is 0 Å². The fourth-order valence-electron chi connectivity index (χ4n) is 3.12. The Hall–Kier alpha value is -0.860. The van der Waals surface area contributed by atoms with Crippen LogP contribution in [0.25, 0.3) is 0 Å². The minimum Gasteiger partial charge on any atom is -0.343 e. The molecule has 96 valence electrons. The molecule has 1 amide bonds. The molecule has 2 rings (SSSR count). The molecule has 0 spiro atoms. The third kappa shape index (κ3) is 3.30. The van der Waals surface area contributed by atoms with Crippen molar-refractivity contribution in [3.8, 4) is 0 Å². The lowest BCUT2D eigenvalue weighted by molar-refractivity contribution is -0.135. The van der Waals surface area contributed by atoms with Gasteiger partial charge in [-0.1, -0.05) is 12.8 Å². The minimum atomic E-state index is 0.288. The largest absolute Gasteiger partial charge is 0.343 e. The van der Waals surface area contributed by atoms with Gasteiger partial charge in [-0.2, -0.15) is 0 Å². The van der Waals surface area contributed by atoms with E-state index in [9.17, 15) is 9.59 Å². The van der Waals surface area contributed by atoms with E-state index in [0.717, 1.165) is 19.3 Å². The van der Waals surface area contributed by atoms with Crippen LogP contribution in [0.1, 0.15) is 57.8 Å². The van der Waals surface area contributed by atoms with E-state index < -0.39 is 0 Å². The molecule has 0 atom stereocenters. The minimum absolute atomic E-state index is 0.288. The van der Waals surface area contributed by atoms with Gasteiger partial charge in [-0.05, 0) is 31.6 Å². The van der Waals surface area contributed by atoms with E-state index >= 15 is 0 Å². The molecular formula is C14H23NO2. The zero-order valence-electron chi connectivity index (χ0n) is 10.8. The molecule has 0 heterocycles. The van der Waals surface area contributed by atoms with Crippen LogP contribution >= 0.6 is 0 Å². The standard InChI is InChI=1S/C14H23NO2/c1-15(12-6-8-13(16)9-7-12)14(17)10-11-4-2-3-5-11/h11-12H,2-10H2,1H3. The third-order valence-electron chi connectivity index (χ3n) is 4.39. The smallest absolute Gasteiger partial charge is 0.222 e. The van der Waals surface area contributed by atoms with Crippen molar-refractivity contribution in [1.82, 2.24) is 4.90 Å². The number of amides is 1. The molecule has 0 N–H and O–H groups in total. The Bertz CT molecular complexity index is 285. The maximum absolute atomic E-state index is 12.1. The average Bonchev–Trinajstić information content (AvgIpc) is 2.82. The first-order valence-electron chi connectivity index (χ1n) is 6.94. The molecule has 0 aliphatic heterocycles. The molecular weight excluding hydrogens is 214 g/mol. The van der Waals surface area contributed by atoms with Gasteiger partial charge in [-0.25, -0.2) is 0 Å². The average molecular weight is 237 g/mol. The Morgan fingerprint density at radius 3 is 2.35 bits per heavy atom. The Morgan fingerprint density at radius 1 is 1.18 bits per heavy atom. The van der Waals surface area contributed by atoms with Crippen LogP contribution in [-0.4, -0.2) is 29.7 Å². The van der Waals surface area contributed by atoms with Crippen LogP contribution in [-0.2, 0) is 9.59 Å². The zero-order chi connectivity index (χ0) is 12.3. The van der Waals surface area contributed by atoms with E-state index in [1.165, 1.54) is 25.7 Å².